The molecule has 80 valence electrons. The zero-order valence-corrected chi connectivity index (χ0v) is 9.20. The van der Waals surface area contributed by atoms with Crippen LogP contribution in [0.3, 0.4) is 0 Å². The van der Waals surface area contributed by atoms with Crippen molar-refractivity contribution in [3.05, 3.63) is 28.5 Å². The van der Waals surface area contributed by atoms with Gasteiger partial charge >= 0.3 is 0 Å². The molecule has 0 saturated heterocycles. The van der Waals surface area contributed by atoms with Crippen molar-refractivity contribution >= 4 is 24.0 Å². The second-order valence-corrected chi connectivity index (χ2v) is 3.21. The van der Waals surface area contributed by atoms with E-state index in [9.17, 15) is 9.50 Å². The van der Waals surface area contributed by atoms with Crippen LogP contribution < -0.4 is 5.73 Å². The monoisotopic (exact) mass is 239 g/mol. The van der Waals surface area contributed by atoms with Crippen LogP contribution in [0.25, 0.3) is 0 Å². The molecule has 0 aromatic heterocycles. The van der Waals surface area contributed by atoms with E-state index in [1.54, 1.807) is 0 Å². The maximum Gasteiger partial charge on any atom is 0.141 e. The summed E-state index contributed by atoms with van der Waals surface area (Å²) in [6.45, 7) is 1.81. The molecule has 5 heteroatoms. The molecule has 1 aromatic rings. The molecule has 14 heavy (non-hydrogen) atoms. The van der Waals surface area contributed by atoms with Gasteiger partial charge in [0.1, 0.15) is 11.6 Å². The Morgan fingerprint density at radius 3 is 2.64 bits per heavy atom. The van der Waals surface area contributed by atoms with Crippen LogP contribution in [0.1, 0.15) is 24.9 Å². The van der Waals surface area contributed by atoms with Crippen LogP contribution in [-0.4, -0.2) is 5.11 Å². The average Bonchev–Trinajstić information content (AvgIpc) is 2.12. The highest BCUT2D eigenvalue weighted by Gasteiger charge is 2.16. The lowest BCUT2D eigenvalue weighted by atomic mass is 10.0. The summed E-state index contributed by atoms with van der Waals surface area (Å²) in [5.74, 6) is -0.771. The fraction of sp³-hybridized carbons (Fsp3) is 0.333. The van der Waals surface area contributed by atoms with Gasteiger partial charge in [0.2, 0.25) is 0 Å². The summed E-state index contributed by atoms with van der Waals surface area (Å²) in [4.78, 5) is 0. The summed E-state index contributed by atoms with van der Waals surface area (Å²) in [5.41, 5.74) is 5.70. The molecule has 2 nitrogen and oxygen atoms in total. The van der Waals surface area contributed by atoms with Crippen molar-refractivity contribution < 1.29 is 9.50 Å². The van der Waals surface area contributed by atoms with E-state index in [1.165, 1.54) is 12.1 Å². The van der Waals surface area contributed by atoms with E-state index in [0.29, 0.717) is 6.42 Å². The van der Waals surface area contributed by atoms with Crippen molar-refractivity contribution in [1.82, 2.24) is 0 Å². The van der Waals surface area contributed by atoms with Crippen molar-refractivity contribution in [2.45, 2.75) is 19.4 Å². The maximum atomic E-state index is 13.2. The van der Waals surface area contributed by atoms with E-state index in [-0.39, 0.29) is 28.7 Å². The highest BCUT2D eigenvalue weighted by Crippen LogP contribution is 2.33. The molecule has 0 amide bonds. The third kappa shape index (κ3) is 2.50. The largest absolute Gasteiger partial charge is 0.506 e. The number of halogens is 3. The minimum absolute atomic E-state index is 0. The number of phenolic OH excluding ortho intramolecular Hbond substituents is 1. The van der Waals surface area contributed by atoms with Gasteiger partial charge in [0.15, 0.2) is 0 Å². The number of benzene rings is 1. The second-order valence-electron chi connectivity index (χ2n) is 2.81. The lowest BCUT2D eigenvalue weighted by Crippen LogP contribution is -2.11. The Kier molecular flexibility index (Phi) is 5.19. The van der Waals surface area contributed by atoms with E-state index >= 15 is 0 Å². The molecular weight excluding hydrogens is 228 g/mol. The summed E-state index contributed by atoms with van der Waals surface area (Å²) < 4.78 is 13.2. The minimum atomic E-state index is -0.517. The first-order valence-electron chi connectivity index (χ1n) is 4.00. The molecule has 0 heterocycles. The van der Waals surface area contributed by atoms with Crippen molar-refractivity contribution in [2.75, 3.05) is 0 Å². The topological polar surface area (TPSA) is 46.2 Å². The first-order chi connectivity index (χ1) is 6.07. The molecule has 3 N–H and O–H groups in total. The third-order valence-electron chi connectivity index (χ3n) is 1.93. The number of aromatic hydroxyl groups is 1. The van der Waals surface area contributed by atoms with Crippen LogP contribution in [0, 0.1) is 5.82 Å². The summed E-state index contributed by atoms with van der Waals surface area (Å²) in [5, 5.41) is 9.55. The Hall–Kier alpha value is -0.510. The number of rotatable bonds is 2. The number of nitrogens with two attached hydrogens (primary N) is 1. The normalized spacial score (nSPS) is 12.0. The molecule has 0 radical (unpaired) electrons. The quantitative estimate of drug-likeness (QED) is 0.834. The standard InChI is InChI=1S/C9H11ClFNO.ClH/c1-2-7(12)8-6(11)4-3-5(10)9(8)13;/h3-4,7,13H,2,12H2,1H3;1H/t7-;/m1./s1. The molecule has 0 bridgehead atoms. The van der Waals surface area contributed by atoms with E-state index in [4.69, 9.17) is 17.3 Å². The van der Waals surface area contributed by atoms with Gasteiger partial charge in [-0.05, 0) is 18.6 Å². The van der Waals surface area contributed by atoms with Crippen LogP contribution in [-0.2, 0) is 0 Å². The van der Waals surface area contributed by atoms with Crippen LogP contribution in [0.5, 0.6) is 5.75 Å². The first kappa shape index (κ1) is 13.5. The van der Waals surface area contributed by atoms with Gasteiger partial charge in [-0.15, -0.1) is 12.4 Å². The Balaban J connectivity index is 0.00000169. The van der Waals surface area contributed by atoms with Crippen LogP contribution >= 0.6 is 24.0 Å². The molecule has 0 aliphatic rings. The van der Waals surface area contributed by atoms with Crippen LogP contribution in [0.2, 0.25) is 5.02 Å². The molecule has 0 aliphatic carbocycles. The van der Waals surface area contributed by atoms with Gasteiger partial charge in [-0.1, -0.05) is 18.5 Å². The van der Waals surface area contributed by atoms with Gasteiger partial charge in [-0.3, -0.25) is 0 Å². The van der Waals surface area contributed by atoms with Crippen molar-refractivity contribution in [1.29, 1.82) is 0 Å². The van der Waals surface area contributed by atoms with Gasteiger partial charge in [-0.25, -0.2) is 4.39 Å². The van der Waals surface area contributed by atoms with E-state index in [2.05, 4.69) is 0 Å². The fourth-order valence-corrected chi connectivity index (χ4v) is 1.28. The zero-order chi connectivity index (χ0) is 10.0. The van der Waals surface area contributed by atoms with E-state index in [0.717, 1.165) is 0 Å². The summed E-state index contributed by atoms with van der Waals surface area (Å²) in [6.07, 6.45) is 0.546. The molecular formula is C9H12Cl2FNO. The Labute approximate surface area is 93.3 Å². The number of phenols is 1. The predicted octanol–water partition coefficient (Wildman–Crippen LogP) is 3.02. The Bertz CT molecular complexity index is 320. The molecule has 0 fully saturated rings. The highest BCUT2D eigenvalue weighted by molar-refractivity contribution is 6.32. The van der Waals surface area contributed by atoms with Gasteiger partial charge < -0.3 is 10.8 Å². The smallest absolute Gasteiger partial charge is 0.141 e. The van der Waals surface area contributed by atoms with Crippen LogP contribution in [0.15, 0.2) is 12.1 Å². The van der Waals surface area contributed by atoms with Gasteiger partial charge in [-0.2, -0.15) is 0 Å². The minimum Gasteiger partial charge on any atom is -0.506 e. The number of hydrogen-bond acceptors (Lipinski definition) is 2. The lowest BCUT2D eigenvalue weighted by molar-refractivity contribution is 0.447. The molecule has 0 saturated carbocycles. The first-order valence-corrected chi connectivity index (χ1v) is 4.38. The molecule has 0 spiro atoms. The van der Waals surface area contributed by atoms with Crippen molar-refractivity contribution in [3.8, 4) is 5.75 Å². The SMILES string of the molecule is CC[C@@H](N)c1c(F)ccc(Cl)c1O.Cl. The van der Waals surface area contributed by atoms with Crippen LogP contribution in [0.4, 0.5) is 4.39 Å². The Morgan fingerprint density at radius 2 is 2.14 bits per heavy atom. The fourth-order valence-electron chi connectivity index (χ4n) is 1.11. The second kappa shape index (κ2) is 5.39. The molecule has 1 atom stereocenters. The number of hydrogen-bond donors (Lipinski definition) is 2. The summed E-state index contributed by atoms with van der Waals surface area (Å²) in [7, 11) is 0. The summed E-state index contributed by atoms with van der Waals surface area (Å²) in [6, 6.07) is 1.99. The lowest BCUT2D eigenvalue weighted by Gasteiger charge is -2.12. The molecule has 1 rings (SSSR count). The molecule has 1 aromatic carbocycles. The van der Waals surface area contributed by atoms with E-state index < -0.39 is 11.9 Å². The average molecular weight is 240 g/mol. The molecule has 0 aliphatic heterocycles. The predicted molar refractivity (Wildman–Crippen MR) is 57.5 cm³/mol. The van der Waals surface area contributed by atoms with Crippen molar-refractivity contribution in [2.24, 2.45) is 5.73 Å². The van der Waals surface area contributed by atoms with E-state index in [1.807, 2.05) is 6.92 Å². The van der Waals surface area contributed by atoms with Gasteiger partial charge in [0.25, 0.3) is 0 Å². The third-order valence-corrected chi connectivity index (χ3v) is 2.23. The summed E-state index contributed by atoms with van der Waals surface area (Å²) >= 11 is 5.61. The van der Waals surface area contributed by atoms with Gasteiger partial charge in [0, 0.05) is 11.6 Å². The zero-order valence-electron chi connectivity index (χ0n) is 7.63. The molecule has 0 unspecified atom stereocenters. The van der Waals surface area contributed by atoms with Gasteiger partial charge in [0.05, 0.1) is 5.02 Å². The highest BCUT2D eigenvalue weighted by atomic mass is 35.5. The maximum absolute atomic E-state index is 13.2. The Morgan fingerprint density at radius 1 is 1.57 bits per heavy atom. The van der Waals surface area contributed by atoms with Crippen molar-refractivity contribution in [3.63, 3.8) is 0 Å².